The van der Waals surface area contributed by atoms with Gasteiger partial charge >= 0.3 is 0 Å². The van der Waals surface area contributed by atoms with Crippen LogP contribution in [0.3, 0.4) is 0 Å². The summed E-state index contributed by atoms with van der Waals surface area (Å²) >= 11 is 0. The fraction of sp³-hybridized carbons (Fsp3) is 0.526. The molecular formula is C19H24O10. The molecule has 2 heterocycles. The molecule has 2 aliphatic rings. The van der Waals surface area contributed by atoms with E-state index < -0.39 is 49.5 Å². The lowest BCUT2D eigenvalue weighted by Gasteiger charge is -2.39. The molecule has 10 nitrogen and oxygen atoms in total. The highest BCUT2D eigenvalue weighted by atomic mass is 16.7. The third-order valence-corrected chi connectivity index (χ3v) is 5.05. The lowest BCUT2D eigenvalue weighted by atomic mass is 9.99. The van der Waals surface area contributed by atoms with Gasteiger partial charge in [-0.1, -0.05) is 6.58 Å². The average Bonchev–Trinajstić information content (AvgIpc) is 3.00. The van der Waals surface area contributed by atoms with Gasteiger partial charge in [-0.25, -0.2) is 0 Å². The van der Waals surface area contributed by atoms with Crippen LogP contribution in [0.1, 0.15) is 28.9 Å². The van der Waals surface area contributed by atoms with Gasteiger partial charge in [0.1, 0.15) is 42.0 Å². The summed E-state index contributed by atoms with van der Waals surface area (Å²) in [5, 5.41) is 59.2. The predicted molar refractivity (Wildman–Crippen MR) is 96.3 cm³/mol. The minimum absolute atomic E-state index is 0.0554. The van der Waals surface area contributed by atoms with Crippen molar-refractivity contribution in [3.8, 4) is 11.5 Å². The van der Waals surface area contributed by atoms with E-state index in [0.717, 1.165) is 0 Å². The van der Waals surface area contributed by atoms with Crippen LogP contribution in [0, 0.1) is 0 Å². The van der Waals surface area contributed by atoms with E-state index in [9.17, 15) is 35.4 Å². The molecule has 0 bridgehead atoms. The Labute approximate surface area is 166 Å². The van der Waals surface area contributed by atoms with Gasteiger partial charge in [-0.3, -0.25) is 4.79 Å². The molecule has 2 aliphatic heterocycles. The topological polar surface area (TPSA) is 166 Å². The Hall–Kier alpha value is -2.05. The molecule has 29 heavy (non-hydrogen) atoms. The molecule has 7 atom stereocenters. The molecule has 0 spiro atoms. The van der Waals surface area contributed by atoms with Crippen molar-refractivity contribution >= 4 is 5.78 Å². The Morgan fingerprint density at radius 2 is 1.86 bits per heavy atom. The molecule has 0 amide bonds. The minimum atomic E-state index is -1.58. The van der Waals surface area contributed by atoms with Gasteiger partial charge in [-0.15, -0.1) is 0 Å². The molecular weight excluding hydrogens is 388 g/mol. The van der Waals surface area contributed by atoms with E-state index in [4.69, 9.17) is 14.2 Å². The van der Waals surface area contributed by atoms with E-state index in [1.165, 1.54) is 19.1 Å². The van der Waals surface area contributed by atoms with Crippen LogP contribution in [0.2, 0.25) is 0 Å². The zero-order valence-corrected chi connectivity index (χ0v) is 15.6. The number of aliphatic hydroxyl groups is 5. The zero-order chi connectivity index (χ0) is 21.5. The SMILES string of the molecule is C=C(COC1OC(CO)C(O)C(O)C1O)C1Oc2cc(C(C)=O)c(O)cc2C1O. The maximum Gasteiger partial charge on any atom is 0.187 e. The number of carbonyl (C=O) groups is 1. The third-order valence-electron chi connectivity index (χ3n) is 5.05. The van der Waals surface area contributed by atoms with Gasteiger partial charge < -0.3 is 44.8 Å². The number of rotatable bonds is 6. The number of fused-ring (bicyclic) bond motifs is 1. The third kappa shape index (κ3) is 4.01. The Morgan fingerprint density at radius 1 is 1.17 bits per heavy atom. The smallest absolute Gasteiger partial charge is 0.187 e. The van der Waals surface area contributed by atoms with Crippen LogP contribution in [0.15, 0.2) is 24.3 Å². The number of phenolic OH excluding ortho intramolecular Hbond substituents is 1. The fourth-order valence-corrected chi connectivity index (χ4v) is 3.35. The number of phenols is 1. The average molecular weight is 412 g/mol. The van der Waals surface area contributed by atoms with Crippen LogP contribution in [-0.4, -0.2) is 86.4 Å². The van der Waals surface area contributed by atoms with E-state index in [2.05, 4.69) is 6.58 Å². The van der Waals surface area contributed by atoms with Crippen molar-refractivity contribution in [3.63, 3.8) is 0 Å². The van der Waals surface area contributed by atoms with Crippen LogP contribution in [0.5, 0.6) is 11.5 Å². The van der Waals surface area contributed by atoms with Gasteiger partial charge in [0.15, 0.2) is 18.2 Å². The molecule has 160 valence electrons. The first-order chi connectivity index (χ1) is 13.6. The monoisotopic (exact) mass is 412 g/mol. The van der Waals surface area contributed by atoms with Crippen molar-refractivity contribution in [2.45, 2.75) is 49.8 Å². The Bertz CT molecular complexity index is 791. The summed E-state index contributed by atoms with van der Waals surface area (Å²) in [7, 11) is 0. The van der Waals surface area contributed by atoms with Gasteiger partial charge in [0, 0.05) is 5.56 Å². The van der Waals surface area contributed by atoms with Crippen LogP contribution >= 0.6 is 0 Å². The molecule has 3 rings (SSSR count). The maximum atomic E-state index is 11.6. The second kappa shape index (κ2) is 8.36. The maximum absolute atomic E-state index is 11.6. The molecule has 0 aliphatic carbocycles. The molecule has 6 N–H and O–H groups in total. The summed E-state index contributed by atoms with van der Waals surface area (Å²) in [5.74, 6) is -0.418. The number of hydrogen-bond acceptors (Lipinski definition) is 10. The number of aliphatic hydroxyl groups excluding tert-OH is 5. The Balaban J connectivity index is 1.66. The molecule has 7 unspecified atom stereocenters. The van der Waals surface area contributed by atoms with Crippen LogP contribution < -0.4 is 4.74 Å². The number of ether oxygens (including phenoxy) is 3. The van der Waals surface area contributed by atoms with Crippen molar-refractivity contribution in [2.75, 3.05) is 13.2 Å². The fourth-order valence-electron chi connectivity index (χ4n) is 3.35. The summed E-state index contributed by atoms with van der Waals surface area (Å²) in [6, 6.07) is 2.59. The minimum Gasteiger partial charge on any atom is -0.507 e. The number of hydrogen-bond donors (Lipinski definition) is 6. The van der Waals surface area contributed by atoms with E-state index in [1.54, 1.807) is 0 Å². The standard InChI is InChI=1S/C19H24O10/c1-7(6-27-19-17(26)16(25)15(24)13(5-20)29-19)18-14(23)10-3-11(22)9(8(2)21)4-12(10)28-18/h3-4,13-20,22-26H,1,5-6H2,2H3. The quantitative estimate of drug-likeness (QED) is 0.246. The molecule has 10 heteroatoms. The first-order valence-electron chi connectivity index (χ1n) is 8.98. The van der Waals surface area contributed by atoms with Gasteiger partial charge in [0.05, 0.1) is 18.8 Å². The van der Waals surface area contributed by atoms with Crippen molar-refractivity contribution in [1.29, 1.82) is 0 Å². The number of Topliss-reactive ketones (excluding diaryl/α,β-unsaturated/α-hetero) is 1. The van der Waals surface area contributed by atoms with Gasteiger partial charge in [0.2, 0.25) is 0 Å². The van der Waals surface area contributed by atoms with Crippen molar-refractivity contribution in [2.24, 2.45) is 0 Å². The van der Waals surface area contributed by atoms with E-state index in [0.29, 0.717) is 0 Å². The second-order valence-electron chi connectivity index (χ2n) is 7.11. The molecule has 1 aromatic rings. The first-order valence-corrected chi connectivity index (χ1v) is 8.98. The number of benzene rings is 1. The molecule has 1 fully saturated rings. The largest absolute Gasteiger partial charge is 0.507 e. The summed E-state index contributed by atoms with van der Waals surface area (Å²) < 4.78 is 16.3. The predicted octanol–water partition coefficient (Wildman–Crippen LogP) is -1.24. The van der Waals surface area contributed by atoms with Gasteiger partial charge in [0.25, 0.3) is 0 Å². The van der Waals surface area contributed by atoms with Gasteiger partial charge in [-0.2, -0.15) is 0 Å². The van der Waals surface area contributed by atoms with Gasteiger partial charge in [-0.05, 0) is 24.6 Å². The van der Waals surface area contributed by atoms with Crippen LogP contribution in [0.25, 0.3) is 0 Å². The molecule has 1 aromatic carbocycles. The highest BCUT2D eigenvalue weighted by Gasteiger charge is 2.44. The Kier molecular flexibility index (Phi) is 6.24. The number of carbonyl (C=O) groups excluding carboxylic acids is 1. The highest BCUT2D eigenvalue weighted by molar-refractivity contribution is 5.97. The lowest BCUT2D eigenvalue weighted by Crippen LogP contribution is -2.59. The second-order valence-corrected chi connectivity index (χ2v) is 7.11. The van der Waals surface area contributed by atoms with Crippen LogP contribution in [-0.2, 0) is 9.47 Å². The zero-order valence-electron chi connectivity index (χ0n) is 15.6. The summed E-state index contributed by atoms with van der Waals surface area (Å²) in [6.07, 6.45) is -9.24. The number of ketones is 1. The first kappa shape index (κ1) is 21.7. The lowest BCUT2D eigenvalue weighted by molar-refractivity contribution is -0.299. The summed E-state index contributed by atoms with van der Waals surface area (Å²) in [5.41, 5.74) is 0.598. The Morgan fingerprint density at radius 3 is 2.48 bits per heavy atom. The van der Waals surface area contributed by atoms with E-state index in [1.807, 2.05) is 0 Å². The number of aromatic hydroxyl groups is 1. The van der Waals surface area contributed by atoms with Crippen molar-refractivity contribution < 1.29 is 49.6 Å². The van der Waals surface area contributed by atoms with Crippen molar-refractivity contribution in [1.82, 2.24) is 0 Å². The molecule has 0 saturated carbocycles. The molecule has 0 aromatic heterocycles. The van der Waals surface area contributed by atoms with Crippen molar-refractivity contribution in [3.05, 3.63) is 35.4 Å². The summed E-state index contributed by atoms with van der Waals surface area (Å²) in [4.78, 5) is 11.6. The van der Waals surface area contributed by atoms with E-state index in [-0.39, 0.29) is 40.6 Å². The summed E-state index contributed by atoms with van der Waals surface area (Å²) in [6.45, 7) is 4.25. The van der Waals surface area contributed by atoms with E-state index >= 15 is 0 Å². The molecule has 0 radical (unpaired) electrons. The highest BCUT2D eigenvalue weighted by Crippen LogP contribution is 2.42. The normalized spacial score (nSPS) is 33.8. The van der Waals surface area contributed by atoms with Crippen LogP contribution in [0.4, 0.5) is 0 Å². The molecule has 1 saturated heterocycles.